The number of hydrogen-bond acceptors (Lipinski definition) is 5. The van der Waals surface area contributed by atoms with Crippen LogP contribution in [0.2, 0.25) is 0 Å². The predicted octanol–water partition coefficient (Wildman–Crippen LogP) is 1.97. The zero-order valence-corrected chi connectivity index (χ0v) is 10.8. The molecule has 7 nitrogen and oxygen atoms in total. The van der Waals surface area contributed by atoms with Gasteiger partial charge in [0.25, 0.3) is 5.69 Å². The van der Waals surface area contributed by atoms with Crippen LogP contribution >= 0.6 is 0 Å². The van der Waals surface area contributed by atoms with Crippen molar-refractivity contribution < 1.29 is 19.2 Å². The van der Waals surface area contributed by atoms with Crippen molar-refractivity contribution in [3.05, 3.63) is 28.3 Å². The van der Waals surface area contributed by atoms with Crippen LogP contribution in [-0.2, 0) is 9.53 Å². The van der Waals surface area contributed by atoms with E-state index < -0.39 is 4.92 Å². The van der Waals surface area contributed by atoms with Gasteiger partial charge in [0.1, 0.15) is 12.4 Å². The standard InChI is InChI=1S/C12H16N2O5/c1-3-18-8-12(15)13-10-7-9(14(16)17)5-6-11(10)19-4-2/h5-7H,3-4,8H2,1-2H3,(H,13,15). The predicted molar refractivity (Wildman–Crippen MR) is 69.4 cm³/mol. The highest BCUT2D eigenvalue weighted by molar-refractivity contribution is 5.93. The molecule has 0 heterocycles. The van der Waals surface area contributed by atoms with E-state index in [0.717, 1.165) is 0 Å². The number of benzene rings is 1. The third-order valence-corrected chi connectivity index (χ3v) is 2.19. The molecule has 0 atom stereocenters. The van der Waals surface area contributed by atoms with Gasteiger partial charge in [0.05, 0.1) is 17.2 Å². The molecular formula is C12H16N2O5. The van der Waals surface area contributed by atoms with E-state index in [1.807, 2.05) is 0 Å². The van der Waals surface area contributed by atoms with Gasteiger partial charge in [-0.25, -0.2) is 0 Å². The third-order valence-electron chi connectivity index (χ3n) is 2.19. The average Bonchev–Trinajstić information content (AvgIpc) is 2.38. The molecule has 1 N–H and O–H groups in total. The van der Waals surface area contributed by atoms with Gasteiger partial charge in [0.2, 0.25) is 5.91 Å². The van der Waals surface area contributed by atoms with Crippen molar-refractivity contribution in [3.8, 4) is 5.75 Å². The molecule has 0 radical (unpaired) electrons. The van der Waals surface area contributed by atoms with Gasteiger partial charge in [-0.3, -0.25) is 14.9 Å². The van der Waals surface area contributed by atoms with Crippen LogP contribution in [0, 0.1) is 10.1 Å². The van der Waals surface area contributed by atoms with E-state index in [1.54, 1.807) is 13.8 Å². The molecule has 0 saturated carbocycles. The van der Waals surface area contributed by atoms with Crippen molar-refractivity contribution in [2.45, 2.75) is 13.8 Å². The summed E-state index contributed by atoms with van der Waals surface area (Å²) in [4.78, 5) is 21.7. The number of ether oxygens (including phenoxy) is 2. The number of nitrogens with zero attached hydrogens (tertiary/aromatic N) is 1. The van der Waals surface area contributed by atoms with Crippen molar-refractivity contribution in [1.82, 2.24) is 0 Å². The fourth-order valence-electron chi connectivity index (χ4n) is 1.39. The van der Waals surface area contributed by atoms with Gasteiger partial charge in [-0.05, 0) is 19.9 Å². The topological polar surface area (TPSA) is 90.7 Å². The molecule has 0 aliphatic heterocycles. The monoisotopic (exact) mass is 268 g/mol. The molecule has 0 bridgehead atoms. The zero-order valence-electron chi connectivity index (χ0n) is 10.8. The molecule has 0 aromatic heterocycles. The number of hydrogen-bond donors (Lipinski definition) is 1. The van der Waals surface area contributed by atoms with Crippen molar-refractivity contribution in [1.29, 1.82) is 0 Å². The lowest BCUT2D eigenvalue weighted by Gasteiger charge is -2.11. The van der Waals surface area contributed by atoms with E-state index in [-0.39, 0.29) is 23.9 Å². The lowest BCUT2D eigenvalue weighted by Crippen LogP contribution is -2.18. The number of amides is 1. The van der Waals surface area contributed by atoms with Crippen molar-refractivity contribution >= 4 is 17.3 Å². The summed E-state index contributed by atoms with van der Waals surface area (Å²) in [5.41, 5.74) is 0.149. The summed E-state index contributed by atoms with van der Waals surface area (Å²) in [5, 5.41) is 13.2. The Morgan fingerprint density at radius 2 is 2.11 bits per heavy atom. The van der Waals surface area contributed by atoms with Gasteiger partial charge in [-0.1, -0.05) is 0 Å². The maximum atomic E-state index is 11.5. The second-order valence-electron chi connectivity index (χ2n) is 3.56. The summed E-state index contributed by atoms with van der Waals surface area (Å²) < 4.78 is 10.3. The van der Waals surface area contributed by atoms with E-state index in [0.29, 0.717) is 19.0 Å². The van der Waals surface area contributed by atoms with Crippen LogP contribution in [0.5, 0.6) is 5.75 Å². The fraction of sp³-hybridized carbons (Fsp3) is 0.417. The number of anilines is 1. The summed E-state index contributed by atoms with van der Waals surface area (Å²) in [7, 11) is 0. The highest BCUT2D eigenvalue weighted by Gasteiger charge is 2.13. The largest absolute Gasteiger partial charge is 0.492 e. The molecule has 19 heavy (non-hydrogen) atoms. The minimum atomic E-state index is -0.534. The summed E-state index contributed by atoms with van der Waals surface area (Å²) in [6.45, 7) is 4.26. The Morgan fingerprint density at radius 3 is 2.68 bits per heavy atom. The Bertz CT molecular complexity index is 461. The molecule has 1 aromatic rings. The SMILES string of the molecule is CCOCC(=O)Nc1cc([N+](=O)[O-])ccc1OCC. The van der Waals surface area contributed by atoms with E-state index in [4.69, 9.17) is 9.47 Å². The van der Waals surface area contributed by atoms with E-state index in [9.17, 15) is 14.9 Å². The fourth-order valence-corrected chi connectivity index (χ4v) is 1.39. The first kappa shape index (κ1) is 14.9. The summed E-state index contributed by atoms with van der Waals surface area (Å²) in [6, 6.07) is 4.04. The maximum Gasteiger partial charge on any atom is 0.271 e. The van der Waals surface area contributed by atoms with Crippen LogP contribution in [0.25, 0.3) is 0 Å². The molecule has 104 valence electrons. The van der Waals surface area contributed by atoms with E-state index >= 15 is 0 Å². The Balaban J connectivity index is 2.90. The van der Waals surface area contributed by atoms with Gasteiger partial charge in [0.15, 0.2) is 0 Å². The van der Waals surface area contributed by atoms with Gasteiger partial charge in [-0.15, -0.1) is 0 Å². The van der Waals surface area contributed by atoms with Crippen LogP contribution in [0.3, 0.4) is 0 Å². The molecular weight excluding hydrogens is 252 g/mol. The van der Waals surface area contributed by atoms with Crippen LogP contribution in [0.1, 0.15) is 13.8 Å². The number of carbonyl (C=O) groups is 1. The summed E-state index contributed by atoms with van der Waals surface area (Å²) >= 11 is 0. The zero-order chi connectivity index (χ0) is 14.3. The first-order valence-corrected chi connectivity index (χ1v) is 5.87. The van der Waals surface area contributed by atoms with Crippen molar-refractivity contribution in [2.75, 3.05) is 25.1 Å². The van der Waals surface area contributed by atoms with Crippen LogP contribution in [0.15, 0.2) is 18.2 Å². The number of rotatable bonds is 7. The molecule has 1 rings (SSSR count). The van der Waals surface area contributed by atoms with E-state index in [1.165, 1.54) is 18.2 Å². The van der Waals surface area contributed by atoms with Crippen LogP contribution in [-0.4, -0.2) is 30.7 Å². The Labute approximate surface area is 110 Å². The van der Waals surface area contributed by atoms with Gasteiger partial charge < -0.3 is 14.8 Å². The smallest absolute Gasteiger partial charge is 0.271 e. The molecule has 1 aromatic carbocycles. The molecule has 0 saturated heterocycles. The minimum absolute atomic E-state index is 0.106. The number of carbonyl (C=O) groups excluding carboxylic acids is 1. The second kappa shape index (κ2) is 7.32. The molecule has 0 aliphatic rings. The quantitative estimate of drug-likeness (QED) is 0.603. The number of nitro benzene ring substituents is 1. The summed E-state index contributed by atoms with van der Waals surface area (Å²) in [6.07, 6.45) is 0. The molecule has 0 unspecified atom stereocenters. The van der Waals surface area contributed by atoms with Gasteiger partial charge in [0, 0.05) is 18.7 Å². The van der Waals surface area contributed by atoms with Crippen molar-refractivity contribution in [3.63, 3.8) is 0 Å². The summed E-state index contributed by atoms with van der Waals surface area (Å²) in [5.74, 6) is 0.00116. The Morgan fingerprint density at radius 1 is 1.37 bits per heavy atom. The number of non-ortho nitro benzene ring substituents is 1. The first-order chi connectivity index (χ1) is 9.08. The molecule has 1 amide bonds. The number of nitrogens with one attached hydrogen (secondary N) is 1. The van der Waals surface area contributed by atoms with Crippen LogP contribution in [0.4, 0.5) is 11.4 Å². The van der Waals surface area contributed by atoms with Gasteiger partial charge in [-0.2, -0.15) is 0 Å². The third kappa shape index (κ3) is 4.55. The van der Waals surface area contributed by atoms with Crippen LogP contribution < -0.4 is 10.1 Å². The molecule has 0 aliphatic carbocycles. The first-order valence-electron chi connectivity index (χ1n) is 5.87. The second-order valence-corrected chi connectivity index (χ2v) is 3.56. The van der Waals surface area contributed by atoms with Gasteiger partial charge >= 0.3 is 0 Å². The normalized spacial score (nSPS) is 10.0. The lowest BCUT2D eigenvalue weighted by molar-refractivity contribution is -0.384. The highest BCUT2D eigenvalue weighted by Crippen LogP contribution is 2.29. The molecule has 0 spiro atoms. The average molecular weight is 268 g/mol. The lowest BCUT2D eigenvalue weighted by atomic mass is 10.2. The number of nitro groups is 1. The Hall–Kier alpha value is -2.15. The van der Waals surface area contributed by atoms with E-state index in [2.05, 4.69) is 5.32 Å². The Kier molecular flexibility index (Phi) is 5.74. The maximum absolute atomic E-state index is 11.5. The van der Waals surface area contributed by atoms with Crippen molar-refractivity contribution in [2.24, 2.45) is 0 Å². The minimum Gasteiger partial charge on any atom is -0.492 e. The molecule has 7 heteroatoms. The molecule has 0 fully saturated rings. The highest BCUT2D eigenvalue weighted by atomic mass is 16.6.